The van der Waals surface area contributed by atoms with E-state index in [0.717, 1.165) is 4.57 Å². The summed E-state index contributed by atoms with van der Waals surface area (Å²) >= 11 is 3.15. The van der Waals surface area contributed by atoms with Crippen molar-refractivity contribution in [2.75, 3.05) is 13.2 Å². The lowest BCUT2D eigenvalue weighted by Crippen LogP contribution is -2.28. The minimum Gasteiger partial charge on any atom is -0.391 e. The van der Waals surface area contributed by atoms with E-state index in [4.69, 9.17) is 4.74 Å². The van der Waals surface area contributed by atoms with Gasteiger partial charge in [-0.25, -0.2) is 8.78 Å². The molecule has 2 aromatic rings. The third-order valence-corrected chi connectivity index (χ3v) is 4.85. The molecule has 5 nitrogen and oxygen atoms in total. The summed E-state index contributed by atoms with van der Waals surface area (Å²) in [6.07, 6.45) is 0.797. The maximum absolute atomic E-state index is 14.8. The molecule has 0 saturated carbocycles. The van der Waals surface area contributed by atoms with Crippen molar-refractivity contribution in [1.82, 2.24) is 4.57 Å². The first-order valence-corrected chi connectivity index (χ1v) is 9.72. The van der Waals surface area contributed by atoms with Crippen molar-refractivity contribution in [3.8, 4) is 0 Å². The summed E-state index contributed by atoms with van der Waals surface area (Å²) in [5.41, 5.74) is -0.908. The number of aliphatic hydroxyl groups is 1. The van der Waals surface area contributed by atoms with Crippen LogP contribution in [0.25, 0.3) is 0 Å². The number of aliphatic hydroxyl groups excluding tert-OH is 1. The first kappa shape index (κ1) is 22.4. The molecule has 1 N–H and O–H groups in total. The fourth-order valence-corrected chi connectivity index (χ4v) is 2.99. The van der Waals surface area contributed by atoms with Gasteiger partial charge in [0.1, 0.15) is 12.4 Å². The van der Waals surface area contributed by atoms with Gasteiger partial charge in [0.25, 0.3) is 5.56 Å². The van der Waals surface area contributed by atoms with Crippen molar-refractivity contribution in [3.05, 3.63) is 67.5 Å². The van der Waals surface area contributed by atoms with Crippen LogP contribution in [0.15, 0.2) is 33.7 Å². The number of halogens is 3. The number of aryl methyl sites for hydroxylation is 1. The van der Waals surface area contributed by atoms with Crippen molar-refractivity contribution in [3.63, 3.8) is 0 Å². The highest BCUT2D eigenvalue weighted by atomic mass is 79.9. The van der Waals surface area contributed by atoms with Gasteiger partial charge >= 0.3 is 0 Å². The minimum atomic E-state index is -1.08. The lowest BCUT2D eigenvalue weighted by molar-refractivity contribution is 0.0340. The molecule has 0 radical (unpaired) electrons. The standard InChI is InChI=1S/C20H22BrF2NO4/c1-3-14(25)10-28-11-18(26)16-9-24(4-2)20(27)19(23)15(16)7-12-5-6-13(21)8-17(12)22/h5-6,8-9,14,25H,3-4,7,10-11H2,1-2H3. The first-order chi connectivity index (χ1) is 13.3. The molecule has 8 heteroatoms. The molecular weight excluding hydrogens is 436 g/mol. The zero-order valence-corrected chi connectivity index (χ0v) is 17.3. The molecule has 0 saturated heterocycles. The number of pyridine rings is 1. The Morgan fingerprint density at radius 2 is 2.04 bits per heavy atom. The fraction of sp³-hybridized carbons (Fsp3) is 0.400. The number of carbonyl (C=O) groups is 1. The number of rotatable bonds is 9. The smallest absolute Gasteiger partial charge is 0.286 e. The van der Waals surface area contributed by atoms with Crippen molar-refractivity contribution < 1.29 is 23.4 Å². The molecule has 1 atom stereocenters. The maximum atomic E-state index is 14.8. The Hall–Kier alpha value is -1.90. The quantitative estimate of drug-likeness (QED) is 0.585. The molecule has 0 bridgehead atoms. The predicted molar refractivity (Wildman–Crippen MR) is 105 cm³/mol. The van der Waals surface area contributed by atoms with Crippen LogP contribution >= 0.6 is 15.9 Å². The van der Waals surface area contributed by atoms with Crippen LogP contribution in [0.4, 0.5) is 8.78 Å². The van der Waals surface area contributed by atoms with Gasteiger partial charge in [-0.05, 0) is 31.0 Å². The zero-order chi connectivity index (χ0) is 20.8. The summed E-state index contributed by atoms with van der Waals surface area (Å²) in [5, 5.41) is 9.52. The average Bonchev–Trinajstić information content (AvgIpc) is 2.67. The van der Waals surface area contributed by atoms with Gasteiger partial charge in [-0.1, -0.05) is 28.9 Å². The molecule has 28 heavy (non-hydrogen) atoms. The van der Waals surface area contributed by atoms with Crippen molar-refractivity contribution in [2.45, 2.75) is 39.3 Å². The maximum Gasteiger partial charge on any atom is 0.286 e. The van der Waals surface area contributed by atoms with E-state index in [1.807, 2.05) is 0 Å². The van der Waals surface area contributed by atoms with Crippen LogP contribution in [0.2, 0.25) is 0 Å². The monoisotopic (exact) mass is 457 g/mol. The highest BCUT2D eigenvalue weighted by Gasteiger charge is 2.22. The van der Waals surface area contributed by atoms with E-state index in [1.165, 1.54) is 18.3 Å². The van der Waals surface area contributed by atoms with E-state index < -0.39 is 29.1 Å². The number of ether oxygens (including phenoxy) is 1. The fourth-order valence-electron chi connectivity index (χ4n) is 2.65. The average molecular weight is 458 g/mol. The van der Waals surface area contributed by atoms with Gasteiger partial charge in [-0.3, -0.25) is 9.59 Å². The summed E-state index contributed by atoms with van der Waals surface area (Å²) < 4.78 is 35.8. The molecule has 0 aliphatic rings. The van der Waals surface area contributed by atoms with E-state index >= 15 is 0 Å². The number of nitrogens with zero attached hydrogens (tertiary/aromatic N) is 1. The van der Waals surface area contributed by atoms with Crippen LogP contribution in [0.5, 0.6) is 0 Å². The van der Waals surface area contributed by atoms with E-state index in [0.29, 0.717) is 10.9 Å². The topological polar surface area (TPSA) is 68.5 Å². The molecular formula is C20H22BrF2NO4. The zero-order valence-electron chi connectivity index (χ0n) is 15.7. The summed E-state index contributed by atoms with van der Waals surface area (Å²) in [6.45, 7) is 3.19. The molecule has 0 fully saturated rings. The largest absolute Gasteiger partial charge is 0.391 e. The third kappa shape index (κ3) is 5.33. The van der Waals surface area contributed by atoms with Crippen LogP contribution in [-0.4, -0.2) is 34.8 Å². The molecule has 1 heterocycles. The van der Waals surface area contributed by atoms with E-state index in [1.54, 1.807) is 19.9 Å². The van der Waals surface area contributed by atoms with Gasteiger partial charge in [-0.15, -0.1) is 0 Å². The Labute approximate surface area is 170 Å². The summed E-state index contributed by atoms with van der Waals surface area (Å²) in [6, 6.07) is 4.30. The number of hydrogen-bond donors (Lipinski definition) is 1. The molecule has 152 valence electrons. The Morgan fingerprint density at radius 3 is 2.64 bits per heavy atom. The third-order valence-electron chi connectivity index (χ3n) is 4.36. The minimum absolute atomic E-state index is 0.0329. The summed E-state index contributed by atoms with van der Waals surface area (Å²) in [7, 11) is 0. The second-order valence-corrected chi connectivity index (χ2v) is 7.26. The number of ketones is 1. The lowest BCUT2D eigenvalue weighted by Gasteiger charge is -2.14. The Kier molecular flexibility index (Phi) is 8.03. The van der Waals surface area contributed by atoms with Gasteiger partial charge in [0.2, 0.25) is 0 Å². The van der Waals surface area contributed by atoms with Crippen molar-refractivity contribution in [1.29, 1.82) is 0 Å². The number of Topliss-reactive ketones (excluding diaryl/α,β-unsaturated/α-hetero) is 1. The van der Waals surface area contributed by atoms with Gasteiger partial charge < -0.3 is 14.4 Å². The van der Waals surface area contributed by atoms with E-state index in [-0.39, 0.29) is 42.9 Å². The second-order valence-electron chi connectivity index (χ2n) is 6.34. The van der Waals surface area contributed by atoms with E-state index in [9.17, 15) is 23.5 Å². The number of carbonyl (C=O) groups excluding carboxylic acids is 1. The number of benzene rings is 1. The molecule has 0 aliphatic heterocycles. The van der Waals surface area contributed by atoms with Crippen LogP contribution in [0.1, 0.15) is 41.8 Å². The Bertz CT molecular complexity index is 914. The summed E-state index contributed by atoms with van der Waals surface area (Å²) in [4.78, 5) is 24.8. The molecule has 1 aromatic heterocycles. The summed E-state index contributed by atoms with van der Waals surface area (Å²) in [5.74, 6) is -2.20. The van der Waals surface area contributed by atoms with Gasteiger partial charge in [0.15, 0.2) is 11.6 Å². The SMILES string of the molecule is CCC(O)COCC(=O)c1cn(CC)c(=O)c(F)c1Cc1ccc(Br)cc1F. The Balaban J connectivity index is 2.41. The Morgan fingerprint density at radius 1 is 1.32 bits per heavy atom. The van der Waals surface area contributed by atoms with Crippen LogP contribution < -0.4 is 5.56 Å². The van der Waals surface area contributed by atoms with Crippen molar-refractivity contribution >= 4 is 21.7 Å². The van der Waals surface area contributed by atoms with E-state index in [2.05, 4.69) is 15.9 Å². The van der Waals surface area contributed by atoms with Crippen LogP contribution in [0, 0.1) is 11.6 Å². The normalized spacial score (nSPS) is 12.2. The highest BCUT2D eigenvalue weighted by Crippen LogP contribution is 2.21. The number of aromatic nitrogens is 1. The van der Waals surface area contributed by atoms with Crippen molar-refractivity contribution in [2.24, 2.45) is 0 Å². The molecule has 0 amide bonds. The first-order valence-electron chi connectivity index (χ1n) is 8.93. The molecule has 1 unspecified atom stereocenters. The van der Waals surface area contributed by atoms with Crippen LogP contribution in [-0.2, 0) is 17.7 Å². The highest BCUT2D eigenvalue weighted by molar-refractivity contribution is 9.10. The molecule has 0 spiro atoms. The number of hydrogen-bond acceptors (Lipinski definition) is 4. The molecule has 1 aromatic carbocycles. The van der Waals surface area contributed by atoms with Gasteiger partial charge in [0.05, 0.1) is 12.7 Å². The molecule has 2 rings (SSSR count). The van der Waals surface area contributed by atoms with Crippen LogP contribution in [0.3, 0.4) is 0 Å². The van der Waals surface area contributed by atoms with Gasteiger partial charge in [-0.2, -0.15) is 0 Å². The second kappa shape index (κ2) is 10.0. The molecule has 0 aliphatic carbocycles. The van der Waals surface area contributed by atoms with Gasteiger partial charge in [0, 0.05) is 34.8 Å². The lowest BCUT2D eigenvalue weighted by atomic mass is 9.98. The predicted octanol–water partition coefficient (Wildman–Crippen LogP) is 3.47.